The van der Waals surface area contributed by atoms with E-state index in [-0.39, 0.29) is 35.2 Å². The van der Waals surface area contributed by atoms with E-state index in [0.29, 0.717) is 36.2 Å². The number of ether oxygens (including phenoxy) is 1. The molecule has 1 fully saturated rings. The summed E-state index contributed by atoms with van der Waals surface area (Å²) >= 11 is 0. The van der Waals surface area contributed by atoms with E-state index in [1.807, 2.05) is 30.3 Å². The third-order valence-corrected chi connectivity index (χ3v) is 10.5. The van der Waals surface area contributed by atoms with Crippen LogP contribution in [0.1, 0.15) is 84.2 Å². The van der Waals surface area contributed by atoms with Crippen LogP contribution in [0.5, 0.6) is 5.75 Å². The van der Waals surface area contributed by atoms with Gasteiger partial charge in [0, 0.05) is 42.4 Å². The summed E-state index contributed by atoms with van der Waals surface area (Å²) in [5.74, 6) is 0.120. The molecule has 0 bridgehead atoms. The summed E-state index contributed by atoms with van der Waals surface area (Å²) in [5.41, 5.74) is 4.73. The number of hydrogen-bond donors (Lipinski definition) is 3. The molecule has 3 heterocycles. The minimum absolute atomic E-state index is 0.0131. The number of halogens is 1. The molecule has 0 radical (unpaired) electrons. The van der Waals surface area contributed by atoms with Crippen LogP contribution in [0, 0.1) is 5.82 Å². The fourth-order valence-corrected chi connectivity index (χ4v) is 7.92. The van der Waals surface area contributed by atoms with E-state index < -0.39 is 18.0 Å². The average Bonchev–Trinajstić information content (AvgIpc) is 3.78. The molecule has 1 aliphatic carbocycles. The monoisotopic (exact) mass is 649 g/mol. The lowest BCUT2D eigenvalue weighted by molar-refractivity contribution is 0.0326. The van der Waals surface area contributed by atoms with Crippen LogP contribution >= 0.6 is 0 Å². The fourth-order valence-electron chi connectivity index (χ4n) is 7.92. The van der Waals surface area contributed by atoms with Gasteiger partial charge < -0.3 is 25.0 Å². The maximum atomic E-state index is 14.2. The number of aliphatic hydroxyl groups is 1. The molecular formula is C40H44FN3O4. The van der Waals surface area contributed by atoms with E-state index >= 15 is 0 Å². The Kier molecular flexibility index (Phi) is 9.21. The van der Waals surface area contributed by atoms with Crippen molar-refractivity contribution in [1.82, 2.24) is 15.2 Å². The zero-order valence-corrected chi connectivity index (χ0v) is 27.5. The third-order valence-electron chi connectivity index (χ3n) is 10.5. The van der Waals surface area contributed by atoms with Crippen LogP contribution in [0.4, 0.5) is 4.39 Å². The summed E-state index contributed by atoms with van der Waals surface area (Å²) < 4.78 is 22.4. The Balaban J connectivity index is 1.16. The first kappa shape index (κ1) is 32.3. The lowest BCUT2D eigenvalue weighted by Gasteiger charge is -2.41. The molecule has 3 aromatic carbocycles. The minimum Gasteiger partial charge on any atom is -0.487 e. The second-order valence-corrected chi connectivity index (χ2v) is 13.7. The van der Waals surface area contributed by atoms with Gasteiger partial charge in [0.15, 0.2) is 0 Å². The number of aryl methyl sites for hydroxylation is 1. The molecule has 7 nitrogen and oxygen atoms in total. The van der Waals surface area contributed by atoms with Gasteiger partial charge in [-0.2, -0.15) is 0 Å². The molecule has 3 aliphatic rings. The van der Waals surface area contributed by atoms with E-state index in [1.165, 1.54) is 17.7 Å². The van der Waals surface area contributed by atoms with Crippen LogP contribution in [-0.2, 0) is 25.8 Å². The number of fused-ring (bicyclic) bond motifs is 2. The number of carbonyl (C=O) groups is 1. The molecule has 48 heavy (non-hydrogen) atoms. The van der Waals surface area contributed by atoms with Crippen LogP contribution in [0.2, 0.25) is 0 Å². The van der Waals surface area contributed by atoms with Crippen LogP contribution in [-0.4, -0.2) is 39.9 Å². The molecule has 250 valence electrons. The van der Waals surface area contributed by atoms with E-state index in [9.17, 15) is 19.1 Å². The van der Waals surface area contributed by atoms with Gasteiger partial charge in [-0.1, -0.05) is 61.5 Å². The summed E-state index contributed by atoms with van der Waals surface area (Å²) in [6.45, 7) is 2.92. The first-order valence-corrected chi connectivity index (χ1v) is 17.4. The Labute approximate surface area is 281 Å². The molecule has 0 saturated heterocycles. The number of aromatic nitrogens is 1. The summed E-state index contributed by atoms with van der Waals surface area (Å²) in [7, 11) is 0. The Bertz CT molecular complexity index is 1850. The quantitative estimate of drug-likeness (QED) is 0.188. The summed E-state index contributed by atoms with van der Waals surface area (Å²) in [6, 6.07) is 23.2. The second-order valence-electron chi connectivity index (χ2n) is 13.7. The van der Waals surface area contributed by atoms with Crippen molar-refractivity contribution in [2.45, 2.75) is 95.0 Å². The highest BCUT2D eigenvalue weighted by Crippen LogP contribution is 2.47. The molecule has 2 aliphatic heterocycles. The number of rotatable bonds is 10. The van der Waals surface area contributed by atoms with Crippen LogP contribution < -0.4 is 20.9 Å². The molecule has 8 heteroatoms. The number of amides is 1. The number of benzene rings is 3. The molecule has 3 atom stereocenters. The molecule has 1 aromatic heterocycles. The molecule has 4 aromatic rings. The fraction of sp³-hybridized carbons (Fsp3) is 0.400. The Morgan fingerprint density at radius 2 is 1.83 bits per heavy atom. The number of nitrogens with zero attached hydrogens (tertiary/aromatic N) is 1. The van der Waals surface area contributed by atoms with Crippen molar-refractivity contribution in [3.05, 3.63) is 123 Å². The number of pyridine rings is 1. The molecule has 1 amide bonds. The van der Waals surface area contributed by atoms with Gasteiger partial charge in [0.05, 0.1) is 17.7 Å². The maximum Gasteiger partial charge on any atom is 0.258 e. The minimum atomic E-state index is -0.906. The highest BCUT2D eigenvalue weighted by atomic mass is 19.1. The average molecular weight is 650 g/mol. The van der Waals surface area contributed by atoms with Crippen molar-refractivity contribution >= 4 is 5.91 Å². The van der Waals surface area contributed by atoms with Crippen LogP contribution in [0.25, 0.3) is 11.1 Å². The predicted molar refractivity (Wildman–Crippen MR) is 185 cm³/mol. The lowest BCUT2D eigenvalue weighted by atomic mass is 9.85. The number of hydrogen-bond acceptors (Lipinski definition) is 5. The largest absolute Gasteiger partial charge is 0.487 e. The van der Waals surface area contributed by atoms with Gasteiger partial charge in [0.1, 0.15) is 17.2 Å². The number of nitrogens with one attached hydrogen (secondary N) is 2. The molecular weight excluding hydrogens is 605 g/mol. The van der Waals surface area contributed by atoms with Crippen molar-refractivity contribution in [2.75, 3.05) is 6.54 Å². The standard InChI is InChI=1S/C40H44FN3O4/c1-2-26-15-16-37-31(20-26)34(24-40(48-37)17-6-7-18-40)42-25-36(45)33(21-27-10-4-3-5-11-27)43-38(46)32-23-30(28-12-8-13-29(41)22-28)39(47)44-19-9-14-35(32)44/h3-5,8,10-13,15-16,20,22-23,33-34,36,42,45H,2,6-7,9,14,17-19,21,24-25H2,1H3,(H,43,46)/t33-,34?,36+/m0/s1. The van der Waals surface area contributed by atoms with Gasteiger partial charge in [-0.3, -0.25) is 9.59 Å². The van der Waals surface area contributed by atoms with Crippen LogP contribution in [0.15, 0.2) is 83.7 Å². The summed E-state index contributed by atoms with van der Waals surface area (Å²) in [5, 5.41) is 18.6. The SMILES string of the molecule is CCc1ccc2c(c1)C(NC[C@@H](O)[C@H](Cc1ccccc1)NC(=O)c1cc(-c3cccc(F)c3)c(=O)n3c1CCC3)CC1(CCCC1)O2. The van der Waals surface area contributed by atoms with Crippen molar-refractivity contribution < 1.29 is 19.0 Å². The van der Waals surface area contributed by atoms with Gasteiger partial charge in [-0.15, -0.1) is 0 Å². The maximum absolute atomic E-state index is 14.2. The van der Waals surface area contributed by atoms with Crippen molar-refractivity contribution in [1.29, 1.82) is 0 Å². The zero-order chi connectivity index (χ0) is 33.3. The highest BCUT2D eigenvalue weighted by Gasteiger charge is 2.43. The second kappa shape index (κ2) is 13.7. The summed E-state index contributed by atoms with van der Waals surface area (Å²) in [4.78, 5) is 27.6. The van der Waals surface area contributed by atoms with Gasteiger partial charge in [-0.05, 0) is 92.3 Å². The Morgan fingerprint density at radius 1 is 1.02 bits per heavy atom. The van der Waals surface area contributed by atoms with Crippen molar-refractivity contribution in [3.63, 3.8) is 0 Å². The topological polar surface area (TPSA) is 92.6 Å². The molecule has 1 spiro atoms. The van der Waals surface area contributed by atoms with Gasteiger partial charge in [0.2, 0.25) is 0 Å². The molecule has 1 unspecified atom stereocenters. The smallest absolute Gasteiger partial charge is 0.258 e. The van der Waals surface area contributed by atoms with Crippen molar-refractivity contribution in [3.8, 4) is 16.9 Å². The van der Waals surface area contributed by atoms with Crippen molar-refractivity contribution in [2.24, 2.45) is 0 Å². The van der Waals surface area contributed by atoms with E-state index in [2.05, 4.69) is 35.8 Å². The van der Waals surface area contributed by atoms with Crippen LogP contribution in [0.3, 0.4) is 0 Å². The van der Waals surface area contributed by atoms with Gasteiger partial charge in [0.25, 0.3) is 11.5 Å². The first-order chi connectivity index (χ1) is 23.3. The summed E-state index contributed by atoms with van der Waals surface area (Å²) in [6.07, 6.45) is 6.98. The van der Waals surface area contributed by atoms with Gasteiger partial charge in [-0.25, -0.2) is 4.39 Å². The molecule has 3 N–H and O–H groups in total. The predicted octanol–water partition coefficient (Wildman–Crippen LogP) is 6.29. The number of carbonyl (C=O) groups excluding carboxylic acids is 1. The lowest BCUT2D eigenvalue weighted by Crippen LogP contribution is -2.50. The first-order valence-electron chi connectivity index (χ1n) is 17.4. The third kappa shape index (κ3) is 6.56. The Morgan fingerprint density at radius 3 is 2.60 bits per heavy atom. The van der Waals surface area contributed by atoms with E-state index in [1.54, 1.807) is 22.8 Å². The van der Waals surface area contributed by atoms with E-state index in [4.69, 9.17) is 4.74 Å². The number of aliphatic hydroxyl groups excluding tert-OH is 1. The zero-order valence-electron chi connectivity index (χ0n) is 27.5. The molecule has 7 rings (SSSR count). The van der Waals surface area contributed by atoms with E-state index in [0.717, 1.165) is 61.8 Å². The normalized spacial score (nSPS) is 18.9. The van der Waals surface area contributed by atoms with Gasteiger partial charge >= 0.3 is 0 Å². The molecule has 1 saturated carbocycles. The Hall–Kier alpha value is -4.27. The highest BCUT2D eigenvalue weighted by molar-refractivity contribution is 5.97.